The van der Waals surface area contributed by atoms with Gasteiger partial charge in [-0.1, -0.05) is 12.2 Å². The summed E-state index contributed by atoms with van der Waals surface area (Å²) in [4.78, 5) is 0. The zero-order valence-electron chi connectivity index (χ0n) is 9.09. The van der Waals surface area contributed by atoms with Gasteiger partial charge in [0, 0.05) is 0 Å². The highest BCUT2D eigenvalue weighted by Crippen LogP contribution is 2.32. The van der Waals surface area contributed by atoms with Crippen molar-refractivity contribution in [3.05, 3.63) is 25.3 Å². The van der Waals surface area contributed by atoms with Crippen molar-refractivity contribution in [1.29, 1.82) is 0 Å². The van der Waals surface area contributed by atoms with Crippen LogP contribution in [0.15, 0.2) is 25.3 Å². The third-order valence-corrected chi connectivity index (χ3v) is 2.32. The summed E-state index contributed by atoms with van der Waals surface area (Å²) in [5, 5.41) is 19.3. The Morgan fingerprint density at radius 1 is 1.07 bits per heavy atom. The lowest BCUT2D eigenvalue weighted by Crippen LogP contribution is -2.40. The van der Waals surface area contributed by atoms with Gasteiger partial charge in [0.1, 0.15) is 24.4 Å². The molecule has 0 unspecified atom stereocenters. The minimum atomic E-state index is -0.869. The van der Waals surface area contributed by atoms with Gasteiger partial charge in [-0.15, -0.1) is 13.2 Å². The molecule has 0 bridgehead atoms. The van der Waals surface area contributed by atoms with Crippen molar-refractivity contribution in [1.82, 2.24) is 0 Å². The molecule has 0 aromatic rings. The minimum absolute atomic E-state index is 0.620. The standard InChI is InChI=1S/C11H18O4/c1-5-7(12)9-10(8(13)6-2)15-11(3,4)14-9/h5-10,12-13H,1-2H2,3-4H3/t7-,8-,9+,10+/m0/s1. The molecular weight excluding hydrogens is 196 g/mol. The van der Waals surface area contributed by atoms with Crippen LogP contribution in [0.3, 0.4) is 0 Å². The van der Waals surface area contributed by atoms with Crippen LogP contribution in [0, 0.1) is 0 Å². The fraction of sp³-hybridized carbons (Fsp3) is 0.636. The lowest BCUT2D eigenvalue weighted by molar-refractivity contribution is -0.157. The zero-order valence-corrected chi connectivity index (χ0v) is 9.09. The maximum Gasteiger partial charge on any atom is 0.164 e. The van der Waals surface area contributed by atoms with E-state index in [1.165, 1.54) is 12.2 Å². The molecule has 86 valence electrons. The summed E-state index contributed by atoms with van der Waals surface area (Å²) in [6.45, 7) is 10.4. The van der Waals surface area contributed by atoms with E-state index >= 15 is 0 Å². The van der Waals surface area contributed by atoms with Crippen LogP contribution in [0.1, 0.15) is 13.8 Å². The van der Waals surface area contributed by atoms with E-state index in [-0.39, 0.29) is 0 Å². The molecule has 1 heterocycles. The van der Waals surface area contributed by atoms with E-state index in [1.807, 2.05) is 0 Å². The Kier molecular flexibility index (Phi) is 3.67. The molecule has 15 heavy (non-hydrogen) atoms. The SMILES string of the molecule is C=C[C@H](O)[C@H]1OC(C)(C)O[C@@H]1[C@@H](O)C=C. The number of aliphatic hydroxyl groups is 2. The van der Waals surface area contributed by atoms with Crippen molar-refractivity contribution in [2.75, 3.05) is 0 Å². The number of aliphatic hydroxyl groups excluding tert-OH is 2. The normalized spacial score (nSPS) is 33.3. The third kappa shape index (κ3) is 2.66. The zero-order chi connectivity index (χ0) is 11.6. The van der Waals surface area contributed by atoms with E-state index in [0.717, 1.165) is 0 Å². The van der Waals surface area contributed by atoms with Crippen LogP contribution >= 0.6 is 0 Å². The van der Waals surface area contributed by atoms with E-state index in [4.69, 9.17) is 9.47 Å². The summed E-state index contributed by atoms with van der Waals surface area (Å²) in [5.74, 6) is -0.816. The van der Waals surface area contributed by atoms with Crippen LogP contribution in [0.4, 0.5) is 0 Å². The maximum absolute atomic E-state index is 9.64. The predicted molar refractivity (Wildman–Crippen MR) is 56.2 cm³/mol. The van der Waals surface area contributed by atoms with E-state index < -0.39 is 30.2 Å². The van der Waals surface area contributed by atoms with Gasteiger partial charge in [-0.25, -0.2) is 0 Å². The van der Waals surface area contributed by atoms with Crippen LogP contribution in [-0.4, -0.2) is 40.4 Å². The Balaban J connectivity index is 2.83. The first-order chi connectivity index (χ1) is 6.91. The summed E-state index contributed by atoms with van der Waals surface area (Å²) in [6, 6.07) is 0. The first-order valence-corrected chi connectivity index (χ1v) is 4.88. The van der Waals surface area contributed by atoms with Gasteiger partial charge in [-0.2, -0.15) is 0 Å². The summed E-state index contributed by atoms with van der Waals surface area (Å²) in [6.07, 6.45) is -0.259. The van der Waals surface area contributed by atoms with E-state index in [2.05, 4.69) is 13.2 Å². The number of rotatable bonds is 4. The van der Waals surface area contributed by atoms with E-state index in [9.17, 15) is 10.2 Å². The van der Waals surface area contributed by atoms with E-state index in [0.29, 0.717) is 0 Å². The lowest BCUT2D eigenvalue weighted by Gasteiger charge is -2.21. The van der Waals surface area contributed by atoms with Crippen LogP contribution in [0.5, 0.6) is 0 Å². The average molecular weight is 214 g/mol. The molecule has 1 rings (SSSR count). The van der Waals surface area contributed by atoms with Crippen LogP contribution in [0.2, 0.25) is 0 Å². The van der Waals surface area contributed by atoms with Gasteiger partial charge >= 0.3 is 0 Å². The van der Waals surface area contributed by atoms with E-state index in [1.54, 1.807) is 13.8 Å². The monoisotopic (exact) mass is 214 g/mol. The van der Waals surface area contributed by atoms with Crippen LogP contribution < -0.4 is 0 Å². The van der Waals surface area contributed by atoms with Gasteiger partial charge in [0.25, 0.3) is 0 Å². The largest absolute Gasteiger partial charge is 0.386 e. The Bertz CT molecular complexity index is 225. The summed E-state index contributed by atoms with van der Waals surface area (Å²) in [5.41, 5.74) is 0. The molecule has 1 aliphatic rings. The van der Waals surface area contributed by atoms with Crippen molar-refractivity contribution in [2.24, 2.45) is 0 Å². The molecule has 4 heteroatoms. The van der Waals surface area contributed by atoms with Crippen molar-refractivity contribution < 1.29 is 19.7 Å². The lowest BCUT2D eigenvalue weighted by atomic mass is 10.0. The second-order valence-electron chi connectivity index (χ2n) is 4.02. The first-order valence-electron chi connectivity index (χ1n) is 4.88. The minimum Gasteiger partial charge on any atom is -0.386 e. The molecule has 4 nitrogen and oxygen atoms in total. The molecule has 4 atom stereocenters. The Hall–Kier alpha value is -0.680. The third-order valence-electron chi connectivity index (χ3n) is 2.32. The van der Waals surface area contributed by atoms with Gasteiger partial charge in [0.05, 0.1) is 0 Å². The number of hydrogen-bond acceptors (Lipinski definition) is 4. The van der Waals surface area contributed by atoms with Crippen molar-refractivity contribution >= 4 is 0 Å². The smallest absolute Gasteiger partial charge is 0.164 e. The average Bonchev–Trinajstić information content (AvgIpc) is 2.52. The molecule has 1 saturated heterocycles. The summed E-state index contributed by atoms with van der Waals surface area (Å²) >= 11 is 0. The molecule has 0 spiro atoms. The predicted octanol–water partition coefficient (Wildman–Crippen LogP) is 0.600. The van der Waals surface area contributed by atoms with Gasteiger partial charge < -0.3 is 19.7 Å². The Morgan fingerprint density at radius 3 is 1.67 bits per heavy atom. The fourth-order valence-corrected chi connectivity index (χ4v) is 1.61. The first kappa shape index (κ1) is 12.4. The highest BCUT2D eigenvalue weighted by molar-refractivity contribution is 5.00. The fourth-order valence-electron chi connectivity index (χ4n) is 1.61. The molecule has 0 radical (unpaired) electrons. The van der Waals surface area contributed by atoms with Crippen LogP contribution in [-0.2, 0) is 9.47 Å². The number of hydrogen-bond donors (Lipinski definition) is 2. The van der Waals surface area contributed by atoms with Crippen molar-refractivity contribution in [2.45, 2.75) is 44.1 Å². The molecule has 2 N–H and O–H groups in total. The highest BCUT2D eigenvalue weighted by atomic mass is 16.8. The van der Waals surface area contributed by atoms with Crippen LogP contribution in [0.25, 0.3) is 0 Å². The van der Waals surface area contributed by atoms with Gasteiger partial charge in [-0.3, -0.25) is 0 Å². The van der Waals surface area contributed by atoms with Gasteiger partial charge in [0.15, 0.2) is 5.79 Å². The quantitative estimate of drug-likeness (QED) is 0.673. The summed E-state index contributed by atoms with van der Waals surface area (Å²) in [7, 11) is 0. The maximum atomic E-state index is 9.64. The molecule has 0 aromatic carbocycles. The van der Waals surface area contributed by atoms with Crippen molar-refractivity contribution in [3.8, 4) is 0 Å². The second-order valence-corrected chi connectivity index (χ2v) is 4.02. The molecule has 1 aliphatic heterocycles. The molecule has 0 saturated carbocycles. The second kappa shape index (κ2) is 4.45. The molecular formula is C11H18O4. The Labute approximate surface area is 89.8 Å². The molecule has 0 amide bonds. The van der Waals surface area contributed by atoms with Gasteiger partial charge in [0.2, 0.25) is 0 Å². The molecule has 0 aromatic heterocycles. The molecule has 1 fully saturated rings. The summed E-state index contributed by atoms with van der Waals surface area (Å²) < 4.78 is 11.0. The number of ether oxygens (including phenoxy) is 2. The van der Waals surface area contributed by atoms with Crippen molar-refractivity contribution in [3.63, 3.8) is 0 Å². The van der Waals surface area contributed by atoms with Gasteiger partial charge in [-0.05, 0) is 13.8 Å². The Morgan fingerprint density at radius 2 is 1.40 bits per heavy atom. The topological polar surface area (TPSA) is 58.9 Å². The molecule has 0 aliphatic carbocycles. The highest BCUT2D eigenvalue weighted by Gasteiger charge is 2.46.